The van der Waals surface area contributed by atoms with Gasteiger partial charge in [0.25, 0.3) is 5.56 Å². The molecular formula is C11H9N5OS. The van der Waals surface area contributed by atoms with E-state index in [0.29, 0.717) is 16.4 Å². The highest BCUT2D eigenvalue weighted by Crippen LogP contribution is 2.26. The Morgan fingerprint density at radius 1 is 1.33 bits per heavy atom. The average Bonchev–Trinajstić information content (AvgIpc) is 2.30. The van der Waals surface area contributed by atoms with Gasteiger partial charge in [0.15, 0.2) is 5.16 Å². The standard InChI is InChI=1S/C11H9N5OS/c12-5-6-3-7(1-2-8(6)13)18-11-15-9(14)4-10(17)16-11/h1-4H,13H2,(H3,14,15,16,17). The molecule has 7 heteroatoms. The molecule has 1 heterocycles. The molecule has 6 nitrogen and oxygen atoms in total. The third-order valence-corrected chi connectivity index (χ3v) is 2.98. The van der Waals surface area contributed by atoms with Gasteiger partial charge in [0.1, 0.15) is 11.9 Å². The molecule has 0 fully saturated rings. The van der Waals surface area contributed by atoms with Crippen molar-refractivity contribution >= 4 is 23.3 Å². The molecule has 90 valence electrons. The predicted octanol–water partition coefficient (Wildman–Crippen LogP) is 0.957. The largest absolute Gasteiger partial charge is 0.398 e. The molecule has 0 atom stereocenters. The number of hydrogen-bond donors (Lipinski definition) is 3. The van der Waals surface area contributed by atoms with Gasteiger partial charge in [-0.25, -0.2) is 4.98 Å². The molecule has 2 rings (SSSR count). The Bertz CT molecular complexity index is 689. The number of rotatable bonds is 2. The number of nitrogens with zero attached hydrogens (tertiary/aromatic N) is 2. The molecule has 0 aliphatic carbocycles. The first-order chi connectivity index (χ1) is 8.58. The highest BCUT2D eigenvalue weighted by Gasteiger charge is 2.05. The van der Waals surface area contributed by atoms with Crippen LogP contribution in [-0.2, 0) is 0 Å². The molecule has 0 unspecified atom stereocenters. The fraction of sp³-hybridized carbons (Fsp3) is 0. The highest BCUT2D eigenvalue weighted by atomic mass is 32.2. The van der Waals surface area contributed by atoms with Crippen LogP contribution in [0.3, 0.4) is 0 Å². The van der Waals surface area contributed by atoms with E-state index in [4.69, 9.17) is 16.7 Å². The summed E-state index contributed by atoms with van der Waals surface area (Å²) in [7, 11) is 0. The van der Waals surface area contributed by atoms with Gasteiger partial charge < -0.3 is 16.5 Å². The number of nitrogen functional groups attached to an aromatic ring is 2. The number of benzene rings is 1. The van der Waals surface area contributed by atoms with E-state index >= 15 is 0 Å². The van der Waals surface area contributed by atoms with Crippen LogP contribution in [0, 0.1) is 11.3 Å². The Labute approximate surface area is 107 Å². The zero-order chi connectivity index (χ0) is 13.1. The van der Waals surface area contributed by atoms with Crippen LogP contribution >= 0.6 is 11.8 Å². The summed E-state index contributed by atoms with van der Waals surface area (Å²) in [4.78, 5) is 18.5. The molecular weight excluding hydrogens is 250 g/mol. The summed E-state index contributed by atoms with van der Waals surface area (Å²) in [6.07, 6.45) is 0. The van der Waals surface area contributed by atoms with E-state index in [0.717, 1.165) is 4.90 Å². The third-order valence-electron chi connectivity index (χ3n) is 2.10. The van der Waals surface area contributed by atoms with Crippen molar-refractivity contribution in [3.8, 4) is 6.07 Å². The molecule has 1 aromatic carbocycles. The molecule has 0 aliphatic rings. The van der Waals surface area contributed by atoms with E-state index in [2.05, 4.69) is 9.97 Å². The van der Waals surface area contributed by atoms with E-state index in [9.17, 15) is 4.79 Å². The van der Waals surface area contributed by atoms with Crippen molar-refractivity contribution in [2.75, 3.05) is 11.5 Å². The minimum absolute atomic E-state index is 0.150. The molecule has 1 aromatic heterocycles. The van der Waals surface area contributed by atoms with Crippen molar-refractivity contribution in [3.63, 3.8) is 0 Å². The van der Waals surface area contributed by atoms with E-state index in [1.165, 1.54) is 17.8 Å². The smallest absolute Gasteiger partial charge is 0.253 e. The summed E-state index contributed by atoms with van der Waals surface area (Å²) >= 11 is 1.20. The Balaban J connectivity index is 2.34. The summed E-state index contributed by atoms with van der Waals surface area (Å²) < 4.78 is 0. The van der Waals surface area contributed by atoms with Crippen LogP contribution in [0.5, 0.6) is 0 Å². The summed E-state index contributed by atoms with van der Waals surface area (Å²) in [5.74, 6) is 0.150. The fourth-order valence-electron chi connectivity index (χ4n) is 1.31. The highest BCUT2D eigenvalue weighted by molar-refractivity contribution is 7.99. The molecule has 2 aromatic rings. The first-order valence-electron chi connectivity index (χ1n) is 4.93. The van der Waals surface area contributed by atoms with Crippen molar-refractivity contribution < 1.29 is 0 Å². The van der Waals surface area contributed by atoms with Gasteiger partial charge in [0.2, 0.25) is 0 Å². The number of H-pyrrole nitrogens is 1. The van der Waals surface area contributed by atoms with Crippen LogP contribution in [-0.4, -0.2) is 9.97 Å². The van der Waals surface area contributed by atoms with Crippen LogP contribution in [0.2, 0.25) is 0 Å². The summed E-state index contributed by atoms with van der Waals surface area (Å²) in [6, 6.07) is 8.19. The van der Waals surface area contributed by atoms with Crippen molar-refractivity contribution in [1.29, 1.82) is 5.26 Å². The lowest BCUT2D eigenvalue weighted by molar-refractivity contribution is 0.945. The zero-order valence-electron chi connectivity index (χ0n) is 9.18. The van der Waals surface area contributed by atoms with Gasteiger partial charge in [0.05, 0.1) is 5.56 Å². The number of aromatic amines is 1. The van der Waals surface area contributed by atoms with Gasteiger partial charge >= 0.3 is 0 Å². The lowest BCUT2D eigenvalue weighted by Gasteiger charge is -2.03. The lowest BCUT2D eigenvalue weighted by atomic mass is 10.2. The predicted molar refractivity (Wildman–Crippen MR) is 69.0 cm³/mol. The monoisotopic (exact) mass is 259 g/mol. The molecule has 0 aliphatic heterocycles. The SMILES string of the molecule is N#Cc1cc(Sc2nc(N)cc(=O)[nH]2)ccc1N. The average molecular weight is 259 g/mol. The van der Waals surface area contributed by atoms with Crippen LogP contribution in [0.15, 0.2) is 39.1 Å². The maximum atomic E-state index is 11.2. The quantitative estimate of drug-likeness (QED) is 0.545. The van der Waals surface area contributed by atoms with Crippen LogP contribution < -0.4 is 17.0 Å². The number of nitrogens with two attached hydrogens (primary N) is 2. The topological polar surface area (TPSA) is 122 Å². The third kappa shape index (κ3) is 2.61. The molecule has 0 bridgehead atoms. The summed E-state index contributed by atoms with van der Waals surface area (Å²) in [5.41, 5.74) is 11.6. The van der Waals surface area contributed by atoms with Gasteiger partial charge in [-0.15, -0.1) is 0 Å². The van der Waals surface area contributed by atoms with E-state index in [1.807, 2.05) is 6.07 Å². The number of nitrogens with one attached hydrogen (secondary N) is 1. The normalized spacial score (nSPS) is 9.94. The lowest BCUT2D eigenvalue weighted by Crippen LogP contribution is -2.09. The fourth-order valence-corrected chi connectivity index (χ4v) is 2.15. The van der Waals surface area contributed by atoms with Gasteiger partial charge in [-0.05, 0) is 18.2 Å². The Morgan fingerprint density at radius 3 is 2.78 bits per heavy atom. The first kappa shape index (κ1) is 12.0. The maximum Gasteiger partial charge on any atom is 0.253 e. The van der Waals surface area contributed by atoms with E-state index < -0.39 is 0 Å². The Morgan fingerprint density at radius 2 is 2.11 bits per heavy atom. The molecule has 0 saturated heterocycles. The number of aromatic nitrogens is 2. The second-order valence-electron chi connectivity index (χ2n) is 3.44. The molecule has 0 spiro atoms. The van der Waals surface area contributed by atoms with E-state index in [-0.39, 0.29) is 11.4 Å². The van der Waals surface area contributed by atoms with Crippen LogP contribution in [0.1, 0.15) is 5.56 Å². The summed E-state index contributed by atoms with van der Waals surface area (Å²) in [5, 5.41) is 9.23. The van der Waals surface area contributed by atoms with Gasteiger partial charge in [-0.2, -0.15) is 5.26 Å². The van der Waals surface area contributed by atoms with Gasteiger partial charge in [-0.1, -0.05) is 11.8 Å². The molecule has 18 heavy (non-hydrogen) atoms. The number of anilines is 2. The van der Waals surface area contributed by atoms with Gasteiger partial charge in [0, 0.05) is 16.6 Å². The minimum atomic E-state index is -0.319. The van der Waals surface area contributed by atoms with Crippen LogP contribution in [0.4, 0.5) is 11.5 Å². The van der Waals surface area contributed by atoms with Crippen molar-refractivity contribution in [2.45, 2.75) is 10.1 Å². The second kappa shape index (κ2) is 4.81. The Hall–Kier alpha value is -2.46. The molecule has 5 N–H and O–H groups in total. The number of hydrogen-bond acceptors (Lipinski definition) is 6. The molecule has 0 radical (unpaired) electrons. The second-order valence-corrected chi connectivity index (χ2v) is 4.50. The van der Waals surface area contributed by atoms with Crippen molar-refractivity contribution in [1.82, 2.24) is 9.97 Å². The summed E-state index contributed by atoms with van der Waals surface area (Å²) in [6.45, 7) is 0. The van der Waals surface area contributed by atoms with Crippen LogP contribution in [0.25, 0.3) is 0 Å². The maximum absolute atomic E-state index is 11.2. The number of nitriles is 1. The van der Waals surface area contributed by atoms with Crippen molar-refractivity contribution in [3.05, 3.63) is 40.2 Å². The zero-order valence-corrected chi connectivity index (χ0v) is 9.99. The molecule has 0 amide bonds. The Kier molecular flexibility index (Phi) is 3.21. The van der Waals surface area contributed by atoms with Gasteiger partial charge in [-0.3, -0.25) is 4.79 Å². The minimum Gasteiger partial charge on any atom is -0.398 e. The van der Waals surface area contributed by atoms with E-state index in [1.54, 1.807) is 18.2 Å². The first-order valence-corrected chi connectivity index (χ1v) is 5.74. The van der Waals surface area contributed by atoms with Crippen molar-refractivity contribution in [2.24, 2.45) is 0 Å². The molecule has 0 saturated carbocycles.